The molecule has 1 saturated heterocycles. The van der Waals surface area contributed by atoms with Gasteiger partial charge in [0.1, 0.15) is 0 Å². The Bertz CT molecular complexity index is 166. The van der Waals surface area contributed by atoms with Crippen molar-refractivity contribution < 1.29 is 9.90 Å². The van der Waals surface area contributed by atoms with Gasteiger partial charge in [-0.3, -0.25) is 4.79 Å². The summed E-state index contributed by atoms with van der Waals surface area (Å²) in [4.78, 5) is 10.8. The van der Waals surface area contributed by atoms with Crippen molar-refractivity contribution in [3.8, 4) is 0 Å². The minimum atomic E-state index is -0.242. The van der Waals surface area contributed by atoms with E-state index >= 15 is 0 Å². The smallest absolute Gasteiger partial charge is 0.219 e. The number of aliphatic hydroxyl groups is 1. The molecule has 0 saturated carbocycles. The van der Waals surface area contributed by atoms with Crippen molar-refractivity contribution in [2.24, 2.45) is 0 Å². The standard InChI is InChI=1S/C8H16N2O2.ClH/c1-2-8(12)10-4-6-3-7(11)5-9-6;/h6-7,9,11H,2-5H2,1H3,(H,10,12);1H/t6-,7+;/m0./s1. The molecule has 3 N–H and O–H groups in total. The normalized spacial score (nSPS) is 26.6. The van der Waals surface area contributed by atoms with Crippen molar-refractivity contribution in [2.75, 3.05) is 13.1 Å². The van der Waals surface area contributed by atoms with Gasteiger partial charge in [0.25, 0.3) is 0 Å². The summed E-state index contributed by atoms with van der Waals surface area (Å²) in [6.07, 6.45) is 1.02. The first-order chi connectivity index (χ1) is 5.72. The largest absolute Gasteiger partial charge is 0.392 e. The van der Waals surface area contributed by atoms with Gasteiger partial charge in [-0.15, -0.1) is 12.4 Å². The number of carbonyl (C=O) groups is 1. The molecular weight excluding hydrogens is 192 g/mol. The molecule has 1 heterocycles. The Kier molecular flexibility index (Phi) is 6.03. The number of β-amino-alcohol motifs (C(OH)–C–C–N with tert-alkyl or cyclic N) is 1. The van der Waals surface area contributed by atoms with E-state index in [-0.39, 0.29) is 30.5 Å². The van der Waals surface area contributed by atoms with Crippen molar-refractivity contribution in [2.45, 2.75) is 31.9 Å². The molecule has 78 valence electrons. The van der Waals surface area contributed by atoms with Gasteiger partial charge in [0, 0.05) is 25.6 Å². The molecule has 1 rings (SSSR count). The minimum Gasteiger partial charge on any atom is -0.392 e. The molecule has 1 aliphatic rings. The van der Waals surface area contributed by atoms with Crippen molar-refractivity contribution in [3.63, 3.8) is 0 Å². The Morgan fingerprint density at radius 3 is 2.85 bits per heavy atom. The van der Waals surface area contributed by atoms with Gasteiger partial charge in [0.05, 0.1) is 6.10 Å². The van der Waals surface area contributed by atoms with E-state index in [9.17, 15) is 4.79 Å². The summed E-state index contributed by atoms with van der Waals surface area (Å²) in [6.45, 7) is 3.10. The van der Waals surface area contributed by atoms with E-state index < -0.39 is 0 Å². The van der Waals surface area contributed by atoms with E-state index in [0.717, 1.165) is 6.42 Å². The Balaban J connectivity index is 0.00000144. The highest BCUT2D eigenvalue weighted by Gasteiger charge is 2.21. The number of hydrogen-bond donors (Lipinski definition) is 3. The van der Waals surface area contributed by atoms with Crippen LogP contribution in [0.3, 0.4) is 0 Å². The van der Waals surface area contributed by atoms with Crippen LogP contribution in [0.15, 0.2) is 0 Å². The monoisotopic (exact) mass is 208 g/mol. The van der Waals surface area contributed by atoms with Gasteiger partial charge in [-0.1, -0.05) is 6.92 Å². The molecule has 2 atom stereocenters. The first-order valence-corrected chi connectivity index (χ1v) is 4.40. The summed E-state index contributed by atoms with van der Waals surface area (Å²) in [7, 11) is 0. The van der Waals surface area contributed by atoms with E-state index in [1.807, 2.05) is 6.92 Å². The van der Waals surface area contributed by atoms with Crippen LogP contribution in [0.2, 0.25) is 0 Å². The maximum Gasteiger partial charge on any atom is 0.219 e. The zero-order chi connectivity index (χ0) is 8.97. The van der Waals surface area contributed by atoms with E-state index in [4.69, 9.17) is 5.11 Å². The Morgan fingerprint density at radius 1 is 1.69 bits per heavy atom. The molecular formula is C8H17ClN2O2. The van der Waals surface area contributed by atoms with Crippen LogP contribution >= 0.6 is 12.4 Å². The topological polar surface area (TPSA) is 61.4 Å². The summed E-state index contributed by atoms with van der Waals surface area (Å²) >= 11 is 0. The fourth-order valence-corrected chi connectivity index (χ4v) is 1.32. The average Bonchev–Trinajstić information content (AvgIpc) is 2.47. The van der Waals surface area contributed by atoms with Gasteiger partial charge in [0.2, 0.25) is 5.91 Å². The number of rotatable bonds is 3. The summed E-state index contributed by atoms with van der Waals surface area (Å²) in [5.41, 5.74) is 0. The second-order valence-electron chi connectivity index (χ2n) is 3.15. The lowest BCUT2D eigenvalue weighted by Crippen LogP contribution is -2.36. The Hall–Kier alpha value is -0.320. The molecule has 0 aliphatic carbocycles. The molecule has 1 amide bonds. The highest BCUT2D eigenvalue weighted by Crippen LogP contribution is 2.04. The van der Waals surface area contributed by atoms with Gasteiger partial charge < -0.3 is 15.7 Å². The molecule has 0 aromatic rings. The van der Waals surface area contributed by atoms with Crippen LogP contribution in [0, 0.1) is 0 Å². The van der Waals surface area contributed by atoms with Crippen LogP contribution in [-0.4, -0.2) is 36.2 Å². The van der Waals surface area contributed by atoms with E-state index in [1.54, 1.807) is 0 Å². The molecule has 1 fully saturated rings. The predicted octanol–water partition coefficient (Wildman–Crippen LogP) is -0.343. The minimum absolute atomic E-state index is 0. The molecule has 4 nitrogen and oxygen atoms in total. The number of carbonyl (C=O) groups excluding carboxylic acids is 1. The van der Waals surface area contributed by atoms with E-state index in [1.165, 1.54) is 0 Å². The van der Waals surface area contributed by atoms with Crippen LogP contribution in [-0.2, 0) is 4.79 Å². The second kappa shape index (κ2) is 6.18. The first kappa shape index (κ1) is 12.7. The molecule has 0 aromatic heterocycles. The molecule has 13 heavy (non-hydrogen) atoms. The van der Waals surface area contributed by atoms with Gasteiger partial charge in [-0.05, 0) is 6.42 Å². The highest BCUT2D eigenvalue weighted by atomic mass is 35.5. The van der Waals surface area contributed by atoms with Crippen molar-refractivity contribution in [1.82, 2.24) is 10.6 Å². The first-order valence-electron chi connectivity index (χ1n) is 4.40. The van der Waals surface area contributed by atoms with Crippen LogP contribution in [0.4, 0.5) is 0 Å². The zero-order valence-electron chi connectivity index (χ0n) is 7.75. The molecule has 0 spiro atoms. The van der Waals surface area contributed by atoms with Gasteiger partial charge >= 0.3 is 0 Å². The van der Waals surface area contributed by atoms with Crippen molar-refractivity contribution in [3.05, 3.63) is 0 Å². The maximum absolute atomic E-state index is 10.8. The lowest BCUT2D eigenvalue weighted by atomic mass is 10.2. The lowest BCUT2D eigenvalue weighted by Gasteiger charge is -2.10. The summed E-state index contributed by atoms with van der Waals surface area (Å²) in [6, 6.07) is 0.246. The van der Waals surface area contributed by atoms with Crippen LogP contribution < -0.4 is 10.6 Å². The summed E-state index contributed by atoms with van der Waals surface area (Å²) < 4.78 is 0. The molecule has 0 unspecified atom stereocenters. The molecule has 5 heteroatoms. The number of amides is 1. The Labute approximate surface area is 84.5 Å². The number of halogens is 1. The van der Waals surface area contributed by atoms with Crippen LogP contribution in [0.25, 0.3) is 0 Å². The third-order valence-corrected chi connectivity index (χ3v) is 2.07. The van der Waals surface area contributed by atoms with Crippen LogP contribution in [0.1, 0.15) is 19.8 Å². The Morgan fingerprint density at radius 2 is 2.38 bits per heavy atom. The number of aliphatic hydroxyl groups excluding tert-OH is 1. The molecule has 1 aliphatic heterocycles. The van der Waals surface area contributed by atoms with Gasteiger partial charge in [-0.2, -0.15) is 0 Å². The third kappa shape index (κ3) is 4.45. The maximum atomic E-state index is 10.8. The fraction of sp³-hybridized carbons (Fsp3) is 0.875. The quantitative estimate of drug-likeness (QED) is 0.595. The average molecular weight is 209 g/mol. The molecule has 0 aromatic carbocycles. The summed E-state index contributed by atoms with van der Waals surface area (Å²) in [5.74, 6) is 0.0678. The molecule has 0 bridgehead atoms. The fourth-order valence-electron chi connectivity index (χ4n) is 1.32. The van der Waals surface area contributed by atoms with Crippen molar-refractivity contribution >= 4 is 18.3 Å². The third-order valence-electron chi connectivity index (χ3n) is 2.07. The lowest BCUT2D eigenvalue weighted by molar-refractivity contribution is -0.120. The van der Waals surface area contributed by atoms with E-state index in [2.05, 4.69) is 10.6 Å². The molecule has 0 radical (unpaired) electrons. The van der Waals surface area contributed by atoms with Crippen LogP contribution in [0.5, 0.6) is 0 Å². The summed E-state index contributed by atoms with van der Waals surface area (Å²) in [5, 5.41) is 15.1. The zero-order valence-corrected chi connectivity index (χ0v) is 8.56. The SMILES string of the molecule is CCC(=O)NC[C@@H]1C[C@@H](O)CN1.Cl. The highest BCUT2D eigenvalue weighted by molar-refractivity contribution is 5.85. The predicted molar refractivity (Wildman–Crippen MR) is 53.0 cm³/mol. The number of hydrogen-bond acceptors (Lipinski definition) is 3. The van der Waals surface area contributed by atoms with E-state index in [0.29, 0.717) is 19.5 Å². The number of nitrogens with one attached hydrogen (secondary N) is 2. The van der Waals surface area contributed by atoms with Gasteiger partial charge in [-0.25, -0.2) is 0 Å². The second-order valence-corrected chi connectivity index (χ2v) is 3.15. The van der Waals surface area contributed by atoms with Crippen molar-refractivity contribution in [1.29, 1.82) is 0 Å². The van der Waals surface area contributed by atoms with Gasteiger partial charge in [0.15, 0.2) is 0 Å².